The molecule has 14 heteroatoms. The van der Waals surface area contributed by atoms with E-state index in [1.165, 1.54) is 10.9 Å². The van der Waals surface area contributed by atoms with Gasteiger partial charge in [-0.25, -0.2) is 14.6 Å². The SMILES string of the molecule is C#CC1(CO[Si](c2ccccc2)c2ccc(C(C)(C)C)cc2)OCC(n2cnc3c(N)nc(F)nc32)C1OC(=O)C(N)C(=O)O. The number of nitrogen functional groups attached to an aromatic ring is 1. The van der Waals surface area contributed by atoms with Crippen LogP contribution in [0.1, 0.15) is 32.4 Å². The van der Waals surface area contributed by atoms with Gasteiger partial charge in [0.25, 0.3) is 9.04 Å². The summed E-state index contributed by atoms with van der Waals surface area (Å²) in [5, 5.41) is 11.2. The maximum Gasteiger partial charge on any atom is 0.335 e. The molecular weight excluding hydrogens is 599 g/mol. The van der Waals surface area contributed by atoms with Crippen molar-refractivity contribution >= 4 is 48.3 Å². The number of carbonyl (C=O) groups excluding carboxylic acids is 1. The molecule has 5 N–H and O–H groups in total. The van der Waals surface area contributed by atoms with Crippen LogP contribution in [0.3, 0.4) is 0 Å². The summed E-state index contributed by atoms with van der Waals surface area (Å²) in [5.74, 6) is -0.456. The Bertz CT molecular complexity index is 1760. The van der Waals surface area contributed by atoms with Crippen molar-refractivity contribution in [2.45, 2.75) is 50.0 Å². The minimum Gasteiger partial charge on any atom is -0.480 e. The van der Waals surface area contributed by atoms with Gasteiger partial charge in [-0.3, -0.25) is 0 Å². The number of nitrogens with two attached hydrogens (primary N) is 2. The molecule has 4 aromatic rings. The van der Waals surface area contributed by atoms with Crippen molar-refractivity contribution in [2.75, 3.05) is 18.9 Å². The van der Waals surface area contributed by atoms with Gasteiger partial charge in [-0.15, -0.1) is 6.42 Å². The number of carbonyl (C=O) groups is 2. The van der Waals surface area contributed by atoms with Crippen LogP contribution >= 0.6 is 0 Å². The minimum absolute atomic E-state index is 0.00102. The first-order valence-electron chi connectivity index (χ1n) is 14.0. The smallest absolute Gasteiger partial charge is 0.335 e. The summed E-state index contributed by atoms with van der Waals surface area (Å²) in [7, 11) is -1.93. The van der Waals surface area contributed by atoms with Crippen molar-refractivity contribution in [3.05, 3.63) is 72.6 Å². The monoisotopic (exact) mass is 631 g/mol. The molecule has 2 aromatic heterocycles. The Labute approximate surface area is 260 Å². The van der Waals surface area contributed by atoms with E-state index in [9.17, 15) is 19.1 Å². The van der Waals surface area contributed by atoms with Gasteiger partial charge in [-0.2, -0.15) is 14.4 Å². The number of benzene rings is 2. The highest BCUT2D eigenvalue weighted by atomic mass is 28.3. The molecular formula is C31H32FN6O6Si. The number of esters is 1. The van der Waals surface area contributed by atoms with Gasteiger partial charge in [0.1, 0.15) is 11.6 Å². The summed E-state index contributed by atoms with van der Waals surface area (Å²) < 4.78 is 34.0. The second kappa shape index (κ2) is 12.4. The fraction of sp³-hybridized carbons (Fsp3) is 0.323. The number of anilines is 1. The highest BCUT2D eigenvalue weighted by Gasteiger charge is 2.54. The molecule has 1 radical (unpaired) electrons. The van der Waals surface area contributed by atoms with Crippen molar-refractivity contribution in [3.8, 4) is 12.3 Å². The zero-order valence-electron chi connectivity index (χ0n) is 24.8. The van der Waals surface area contributed by atoms with E-state index in [-0.39, 0.29) is 35.6 Å². The second-order valence-corrected chi connectivity index (χ2v) is 13.7. The molecule has 0 saturated carbocycles. The molecule has 5 rings (SSSR count). The van der Waals surface area contributed by atoms with Gasteiger partial charge >= 0.3 is 18.0 Å². The number of hydrogen-bond donors (Lipinski definition) is 3. The zero-order chi connectivity index (χ0) is 32.5. The quantitative estimate of drug-likeness (QED) is 0.0787. The fourth-order valence-electron chi connectivity index (χ4n) is 5.08. The van der Waals surface area contributed by atoms with Gasteiger partial charge < -0.3 is 35.0 Å². The summed E-state index contributed by atoms with van der Waals surface area (Å²) >= 11 is 0. The molecule has 0 bridgehead atoms. The number of fused-ring (bicyclic) bond motifs is 1. The molecule has 233 valence electrons. The number of carboxylic acids is 1. The van der Waals surface area contributed by atoms with Gasteiger partial charge in [-0.05, 0) is 21.4 Å². The van der Waals surface area contributed by atoms with Gasteiger partial charge in [0.05, 0.1) is 19.5 Å². The Balaban J connectivity index is 1.53. The van der Waals surface area contributed by atoms with Gasteiger partial charge in [0.2, 0.25) is 6.04 Å². The number of hydrogen-bond acceptors (Lipinski definition) is 10. The molecule has 4 atom stereocenters. The molecule has 0 aliphatic carbocycles. The molecule has 3 heterocycles. The molecule has 1 aliphatic heterocycles. The van der Waals surface area contributed by atoms with E-state index in [0.717, 1.165) is 15.9 Å². The van der Waals surface area contributed by atoms with E-state index >= 15 is 0 Å². The summed E-state index contributed by atoms with van der Waals surface area (Å²) in [4.78, 5) is 35.9. The number of nitrogens with zero attached hydrogens (tertiary/aromatic N) is 4. The number of rotatable bonds is 9. The van der Waals surface area contributed by atoms with E-state index in [0.29, 0.717) is 0 Å². The van der Waals surface area contributed by atoms with Gasteiger partial charge in [0, 0.05) is 0 Å². The van der Waals surface area contributed by atoms with Crippen LogP contribution in [0.2, 0.25) is 0 Å². The van der Waals surface area contributed by atoms with Crippen LogP contribution < -0.4 is 21.8 Å². The fourth-order valence-corrected chi connectivity index (χ4v) is 7.07. The zero-order valence-corrected chi connectivity index (χ0v) is 25.8. The van der Waals surface area contributed by atoms with Crippen molar-refractivity contribution in [1.29, 1.82) is 0 Å². The van der Waals surface area contributed by atoms with Crippen molar-refractivity contribution in [1.82, 2.24) is 19.5 Å². The van der Waals surface area contributed by atoms with Gasteiger partial charge in [-0.1, -0.05) is 81.3 Å². The summed E-state index contributed by atoms with van der Waals surface area (Å²) in [5.41, 5.74) is 10.9. The highest BCUT2D eigenvalue weighted by Crippen LogP contribution is 2.38. The highest BCUT2D eigenvalue weighted by molar-refractivity contribution is 6.80. The van der Waals surface area contributed by atoms with E-state index in [2.05, 4.69) is 53.8 Å². The Morgan fingerprint density at radius 1 is 1.20 bits per heavy atom. The summed E-state index contributed by atoms with van der Waals surface area (Å²) in [6, 6.07) is 14.8. The lowest BCUT2D eigenvalue weighted by atomic mass is 9.87. The second-order valence-electron chi connectivity index (χ2n) is 11.6. The number of aliphatic carboxylic acids is 1. The Kier molecular flexibility index (Phi) is 8.72. The van der Waals surface area contributed by atoms with E-state index < -0.39 is 50.8 Å². The van der Waals surface area contributed by atoms with Crippen LogP contribution in [0.15, 0.2) is 60.9 Å². The van der Waals surface area contributed by atoms with E-state index in [1.807, 2.05) is 42.5 Å². The molecule has 4 unspecified atom stereocenters. The minimum atomic E-state index is -2.00. The number of carboxylic acid groups (broad SMARTS) is 1. The van der Waals surface area contributed by atoms with Crippen LogP contribution in [0, 0.1) is 18.4 Å². The normalized spacial score (nSPS) is 20.6. The number of imidazole rings is 1. The first-order valence-corrected chi connectivity index (χ1v) is 15.4. The Morgan fingerprint density at radius 2 is 1.87 bits per heavy atom. The first-order chi connectivity index (χ1) is 21.3. The third-order valence-electron chi connectivity index (χ3n) is 7.59. The number of aromatic nitrogens is 4. The van der Waals surface area contributed by atoms with Crippen molar-refractivity contribution in [3.63, 3.8) is 0 Å². The number of halogens is 1. The Hall–Kier alpha value is -4.68. The maximum atomic E-state index is 14.2. The lowest BCUT2D eigenvalue weighted by Gasteiger charge is -2.32. The average Bonchev–Trinajstić information content (AvgIpc) is 3.58. The average molecular weight is 632 g/mol. The summed E-state index contributed by atoms with van der Waals surface area (Å²) in [6.45, 7) is 5.98. The molecule has 1 aliphatic rings. The van der Waals surface area contributed by atoms with Crippen LogP contribution in [0.5, 0.6) is 0 Å². The molecule has 2 aromatic carbocycles. The Morgan fingerprint density at radius 3 is 2.49 bits per heavy atom. The van der Waals surface area contributed by atoms with E-state index in [4.69, 9.17) is 31.8 Å². The third-order valence-corrected chi connectivity index (χ3v) is 9.74. The van der Waals surface area contributed by atoms with Crippen LogP contribution in [-0.2, 0) is 28.9 Å². The molecule has 1 saturated heterocycles. The molecule has 0 spiro atoms. The van der Waals surface area contributed by atoms with Crippen LogP contribution in [-0.4, -0.2) is 76.6 Å². The van der Waals surface area contributed by atoms with Crippen LogP contribution in [0.25, 0.3) is 11.2 Å². The topological polar surface area (TPSA) is 178 Å². The maximum absolute atomic E-state index is 14.2. The largest absolute Gasteiger partial charge is 0.480 e. The first kappa shape index (κ1) is 31.7. The van der Waals surface area contributed by atoms with Crippen molar-refractivity contribution < 1.29 is 33.0 Å². The number of ether oxygens (including phenoxy) is 2. The number of terminal acetylenes is 1. The standard InChI is InChI=1S/C31H32FN6O6Si/c1-5-31(16-43-45(19-9-7-6-8-10-19)20-13-11-18(12-14-20)30(2,3)4)24(44-28(41)22(33)27(39)40)21(15-42-31)38-17-35-23-25(34)36-29(32)37-26(23)38/h1,6-14,17,21-22,24H,15-16,33H2,2-4H3,(H,39,40)(H2,34,36,37). The lowest BCUT2D eigenvalue weighted by Crippen LogP contribution is -2.54. The van der Waals surface area contributed by atoms with Crippen molar-refractivity contribution in [2.24, 2.45) is 5.73 Å². The predicted molar refractivity (Wildman–Crippen MR) is 164 cm³/mol. The van der Waals surface area contributed by atoms with Crippen LogP contribution in [0.4, 0.5) is 10.2 Å². The molecule has 0 amide bonds. The van der Waals surface area contributed by atoms with E-state index in [1.54, 1.807) is 0 Å². The molecule has 12 nitrogen and oxygen atoms in total. The molecule has 45 heavy (non-hydrogen) atoms. The predicted octanol–water partition coefficient (Wildman–Crippen LogP) is 0.935. The third kappa shape index (κ3) is 6.29. The molecule has 1 fully saturated rings. The summed E-state index contributed by atoms with van der Waals surface area (Å²) in [6.07, 6.45) is 4.93. The lowest BCUT2D eigenvalue weighted by molar-refractivity contribution is -0.164. The van der Waals surface area contributed by atoms with Gasteiger partial charge in [0.15, 0.2) is 23.2 Å².